The van der Waals surface area contributed by atoms with Gasteiger partial charge in [0.05, 0.1) is 13.5 Å². The van der Waals surface area contributed by atoms with Crippen LogP contribution >= 0.6 is 12.4 Å². The van der Waals surface area contributed by atoms with E-state index in [0.717, 1.165) is 19.5 Å². The molecule has 2 N–H and O–H groups in total. The van der Waals surface area contributed by atoms with E-state index in [1.165, 1.54) is 19.2 Å². The van der Waals surface area contributed by atoms with E-state index in [4.69, 9.17) is 4.74 Å². The third kappa shape index (κ3) is 4.36. The molecule has 1 heterocycles. The van der Waals surface area contributed by atoms with Crippen LogP contribution in [0.4, 0.5) is 4.39 Å². The van der Waals surface area contributed by atoms with Crippen molar-refractivity contribution in [2.45, 2.75) is 18.9 Å². The van der Waals surface area contributed by atoms with Gasteiger partial charge >= 0.3 is 0 Å². The maximum absolute atomic E-state index is 13.4. The van der Waals surface area contributed by atoms with E-state index in [2.05, 4.69) is 10.6 Å². The van der Waals surface area contributed by atoms with Crippen LogP contribution in [0.5, 0.6) is 5.75 Å². The lowest BCUT2D eigenvalue weighted by atomic mass is 10.1. The Kier molecular flexibility index (Phi) is 6.05. The molecule has 1 aliphatic rings. The van der Waals surface area contributed by atoms with Gasteiger partial charge in [-0.15, -0.1) is 12.4 Å². The van der Waals surface area contributed by atoms with Gasteiger partial charge in [0, 0.05) is 12.6 Å². The van der Waals surface area contributed by atoms with Gasteiger partial charge in [0.1, 0.15) is 0 Å². The average Bonchev–Trinajstić information content (AvgIpc) is 2.82. The first kappa shape index (κ1) is 15.7. The van der Waals surface area contributed by atoms with Crippen molar-refractivity contribution in [3.63, 3.8) is 0 Å². The molecule has 2 rings (SSSR count). The van der Waals surface area contributed by atoms with E-state index < -0.39 is 5.82 Å². The van der Waals surface area contributed by atoms with E-state index >= 15 is 0 Å². The highest BCUT2D eigenvalue weighted by Crippen LogP contribution is 2.17. The van der Waals surface area contributed by atoms with Crippen molar-refractivity contribution in [2.75, 3.05) is 20.2 Å². The summed E-state index contributed by atoms with van der Waals surface area (Å²) in [6.45, 7) is 1.74. The van der Waals surface area contributed by atoms with Crippen LogP contribution in [0, 0.1) is 5.82 Å². The molecule has 1 unspecified atom stereocenters. The summed E-state index contributed by atoms with van der Waals surface area (Å²) in [7, 11) is 1.41. The topological polar surface area (TPSA) is 50.4 Å². The summed E-state index contributed by atoms with van der Waals surface area (Å²) in [5.41, 5.74) is 0.650. The zero-order chi connectivity index (χ0) is 13.0. The fourth-order valence-electron chi connectivity index (χ4n) is 2.06. The van der Waals surface area contributed by atoms with Crippen molar-refractivity contribution >= 4 is 18.3 Å². The minimum absolute atomic E-state index is 0. The third-order valence-electron chi connectivity index (χ3n) is 3.01. The summed E-state index contributed by atoms with van der Waals surface area (Å²) in [6.07, 6.45) is 1.14. The van der Waals surface area contributed by atoms with Crippen LogP contribution < -0.4 is 15.4 Å². The second kappa shape index (κ2) is 7.31. The SMILES string of the molecule is COc1ccc(CC(=O)NC2CCNC2)cc1F.Cl. The standard InChI is InChI=1S/C13H17FN2O2.ClH/c1-18-12-3-2-9(6-11(12)14)7-13(17)16-10-4-5-15-8-10;/h2-3,6,10,15H,4-5,7-8H2,1H3,(H,16,17);1H. The number of halogens is 2. The Morgan fingerprint density at radius 2 is 2.37 bits per heavy atom. The molecule has 0 radical (unpaired) electrons. The molecule has 0 spiro atoms. The Bertz CT molecular complexity index is 437. The van der Waals surface area contributed by atoms with Crippen LogP contribution in [0.2, 0.25) is 0 Å². The van der Waals surface area contributed by atoms with Gasteiger partial charge in [0.2, 0.25) is 5.91 Å². The van der Waals surface area contributed by atoms with E-state index in [1.807, 2.05) is 0 Å². The predicted octanol–water partition coefficient (Wildman–Crippen LogP) is 1.28. The molecule has 106 valence electrons. The summed E-state index contributed by atoms with van der Waals surface area (Å²) >= 11 is 0. The van der Waals surface area contributed by atoms with Gasteiger partial charge in [-0.05, 0) is 30.7 Å². The molecule has 1 aromatic rings. The fourth-order valence-corrected chi connectivity index (χ4v) is 2.06. The summed E-state index contributed by atoms with van der Waals surface area (Å²) in [4.78, 5) is 11.7. The summed E-state index contributed by atoms with van der Waals surface area (Å²) < 4.78 is 18.3. The Labute approximate surface area is 118 Å². The van der Waals surface area contributed by atoms with Gasteiger partial charge in [-0.25, -0.2) is 4.39 Å². The van der Waals surface area contributed by atoms with Crippen molar-refractivity contribution in [3.05, 3.63) is 29.6 Å². The molecule has 6 heteroatoms. The first-order chi connectivity index (χ1) is 8.69. The number of rotatable bonds is 4. The number of methoxy groups -OCH3 is 1. The molecular weight excluding hydrogens is 271 g/mol. The van der Waals surface area contributed by atoms with Gasteiger partial charge in [0.25, 0.3) is 0 Å². The highest BCUT2D eigenvalue weighted by atomic mass is 35.5. The van der Waals surface area contributed by atoms with Crippen LogP contribution in [0.25, 0.3) is 0 Å². The number of nitrogens with one attached hydrogen (secondary N) is 2. The molecule has 0 aromatic heterocycles. The van der Waals surface area contributed by atoms with Crippen molar-refractivity contribution in [2.24, 2.45) is 0 Å². The number of carbonyl (C=O) groups excluding carboxylic acids is 1. The normalized spacial score (nSPS) is 17.7. The maximum atomic E-state index is 13.4. The molecule has 0 saturated carbocycles. The number of carbonyl (C=O) groups is 1. The Hall–Kier alpha value is -1.33. The molecule has 4 nitrogen and oxygen atoms in total. The smallest absolute Gasteiger partial charge is 0.224 e. The first-order valence-electron chi connectivity index (χ1n) is 6.01. The number of hydrogen-bond acceptors (Lipinski definition) is 3. The molecule has 1 aliphatic heterocycles. The van der Waals surface area contributed by atoms with Gasteiger partial charge in [-0.2, -0.15) is 0 Å². The second-order valence-corrected chi connectivity index (χ2v) is 4.40. The molecule has 19 heavy (non-hydrogen) atoms. The highest BCUT2D eigenvalue weighted by Gasteiger charge is 2.16. The largest absolute Gasteiger partial charge is 0.494 e. The minimum Gasteiger partial charge on any atom is -0.494 e. The number of amides is 1. The van der Waals surface area contributed by atoms with E-state index in [0.29, 0.717) is 5.56 Å². The minimum atomic E-state index is -0.440. The molecule has 1 aromatic carbocycles. The zero-order valence-electron chi connectivity index (χ0n) is 10.7. The van der Waals surface area contributed by atoms with Crippen molar-refractivity contribution in [1.29, 1.82) is 0 Å². The van der Waals surface area contributed by atoms with E-state index in [1.54, 1.807) is 6.07 Å². The molecule has 0 bridgehead atoms. The predicted molar refractivity (Wildman–Crippen MR) is 73.3 cm³/mol. The van der Waals surface area contributed by atoms with Crippen molar-refractivity contribution in [1.82, 2.24) is 10.6 Å². The second-order valence-electron chi connectivity index (χ2n) is 4.40. The maximum Gasteiger partial charge on any atom is 0.224 e. The van der Waals surface area contributed by atoms with Crippen LogP contribution in [-0.2, 0) is 11.2 Å². The highest BCUT2D eigenvalue weighted by molar-refractivity contribution is 5.85. The van der Waals surface area contributed by atoms with Gasteiger partial charge < -0.3 is 15.4 Å². The van der Waals surface area contributed by atoms with Crippen molar-refractivity contribution < 1.29 is 13.9 Å². The van der Waals surface area contributed by atoms with E-state index in [-0.39, 0.29) is 36.5 Å². The van der Waals surface area contributed by atoms with Crippen LogP contribution in [0.15, 0.2) is 18.2 Å². The Morgan fingerprint density at radius 3 is 2.95 bits per heavy atom. The van der Waals surface area contributed by atoms with Crippen LogP contribution in [-0.4, -0.2) is 32.1 Å². The lowest BCUT2D eigenvalue weighted by Crippen LogP contribution is -2.37. The average molecular weight is 289 g/mol. The van der Waals surface area contributed by atoms with E-state index in [9.17, 15) is 9.18 Å². The number of hydrogen-bond donors (Lipinski definition) is 2. The number of benzene rings is 1. The monoisotopic (exact) mass is 288 g/mol. The summed E-state index contributed by atoms with van der Waals surface area (Å²) in [5.74, 6) is -0.322. The molecular formula is C13H18ClFN2O2. The zero-order valence-corrected chi connectivity index (χ0v) is 11.6. The summed E-state index contributed by atoms with van der Waals surface area (Å²) in [5, 5.41) is 6.09. The Morgan fingerprint density at radius 1 is 1.58 bits per heavy atom. The van der Waals surface area contributed by atoms with Gasteiger partial charge in [-0.3, -0.25) is 4.79 Å². The van der Waals surface area contributed by atoms with Crippen LogP contribution in [0.3, 0.4) is 0 Å². The lowest BCUT2D eigenvalue weighted by molar-refractivity contribution is -0.121. The third-order valence-corrected chi connectivity index (χ3v) is 3.01. The molecule has 1 amide bonds. The van der Waals surface area contributed by atoms with Crippen molar-refractivity contribution in [3.8, 4) is 5.75 Å². The van der Waals surface area contributed by atoms with Gasteiger partial charge in [0.15, 0.2) is 11.6 Å². The molecule has 0 aliphatic carbocycles. The van der Waals surface area contributed by atoms with Crippen LogP contribution in [0.1, 0.15) is 12.0 Å². The van der Waals surface area contributed by atoms with Gasteiger partial charge in [-0.1, -0.05) is 6.07 Å². The number of ether oxygens (including phenoxy) is 1. The molecule has 1 fully saturated rings. The first-order valence-corrected chi connectivity index (χ1v) is 6.01. The fraction of sp³-hybridized carbons (Fsp3) is 0.462. The summed E-state index contributed by atoms with van der Waals surface area (Å²) in [6, 6.07) is 4.77. The quantitative estimate of drug-likeness (QED) is 0.877. The molecule has 1 saturated heterocycles. The molecule has 1 atom stereocenters. The Balaban J connectivity index is 0.00000180. The lowest BCUT2D eigenvalue weighted by Gasteiger charge is -2.11.